The van der Waals surface area contributed by atoms with Gasteiger partial charge in [-0.05, 0) is 49.4 Å². The molecule has 1 aromatic carbocycles. The van der Waals surface area contributed by atoms with Crippen LogP contribution in [0.5, 0.6) is 0 Å². The summed E-state index contributed by atoms with van der Waals surface area (Å²) in [4.78, 5) is 14.7. The molecule has 1 aliphatic rings. The largest absolute Gasteiger partial charge is 0.336 e. The molecule has 0 spiro atoms. The van der Waals surface area contributed by atoms with E-state index in [4.69, 9.17) is 0 Å². The van der Waals surface area contributed by atoms with E-state index in [1.165, 1.54) is 25.0 Å². The monoisotopic (exact) mass is 277 g/mol. The summed E-state index contributed by atoms with van der Waals surface area (Å²) >= 11 is 0. The smallest absolute Gasteiger partial charge is 0.254 e. The number of halogens is 1. The van der Waals surface area contributed by atoms with Gasteiger partial charge in [0.25, 0.3) is 5.91 Å². The molecule has 1 amide bonds. The Hall–Kier alpha value is -1.38. The van der Waals surface area contributed by atoms with Crippen molar-refractivity contribution in [1.82, 2.24) is 4.90 Å². The van der Waals surface area contributed by atoms with Crippen LogP contribution in [-0.2, 0) is 0 Å². The van der Waals surface area contributed by atoms with Crippen molar-refractivity contribution in [3.8, 4) is 0 Å². The van der Waals surface area contributed by atoms with E-state index in [9.17, 15) is 9.18 Å². The number of nitrogens with zero attached hydrogens (tertiary/aromatic N) is 1. The Kier molecular flexibility index (Phi) is 5.16. The number of amides is 1. The van der Waals surface area contributed by atoms with Crippen LogP contribution in [0.4, 0.5) is 4.39 Å². The van der Waals surface area contributed by atoms with Gasteiger partial charge in [0.1, 0.15) is 5.82 Å². The van der Waals surface area contributed by atoms with E-state index in [2.05, 4.69) is 13.8 Å². The van der Waals surface area contributed by atoms with Crippen LogP contribution in [0.2, 0.25) is 0 Å². The van der Waals surface area contributed by atoms with Gasteiger partial charge >= 0.3 is 0 Å². The molecule has 0 aromatic heterocycles. The average Bonchev–Trinajstić information content (AvgIpc) is 2.93. The third-order valence-electron chi connectivity index (χ3n) is 4.06. The lowest BCUT2D eigenvalue weighted by Crippen LogP contribution is -2.40. The molecule has 0 saturated heterocycles. The Labute approximate surface area is 121 Å². The molecule has 0 N–H and O–H groups in total. The van der Waals surface area contributed by atoms with E-state index >= 15 is 0 Å². The van der Waals surface area contributed by atoms with Crippen molar-refractivity contribution in [3.63, 3.8) is 0 Å². The Morgan fingerprint density at radius 2 is 1.85 bits per heavy atom. The molecule has 110 valence electrons. The quantitative estimate of drug-likeness (QED) is 0.787. The molecule has 0 aliphatic heterocycles. The van der Waals surface area contributed by atoms with Crippen LogP contribution in [0.15, 0.2) is 24.3 Å². The van der Waals surface area contributed by atoms with Crippen LogP contribution in [0.1, 0.15) is 56.3 Å². The first-order valence-electron chi connectivity index (χ1n) is 7.64. The molecule has 0 radical (unpaired) electrons. The van der Waals surface area contributed by atoms with E-state index in [0.717, 1.165) is 25.8 Å². The third kappa shape index (κ3) is 3.81. The van der Waals surface area contributed by atoms with Crippen molar-refractivity contribution in [1.29, 1.82) is 0 Å². The molecule has 1 aliphatic carbocycles. The van der Waals surface area contributed by atoms with Gasteiger partial charge < -0.3 is 4.90 Å². The van der Waals surface area contributed by atoms with Crippen molar-refractivity contribution in [2.45, 2.75) is 52.0 Å². The second kappa shape index (κ2) is 6.87. The highest BCUT2D eigenvalue weighted by Crippen LogP contribution is 2.25. The number of rotatable bonds is 5. The second-order valence-corrected chi connectivity index (χ2v) is 6.13. The van der Waals surface area contributed by atoms with Gasteiger partial charge in [-0.1, -0.05) is 26.7 Å². The minimum absolute atomic E-state index is 0.0533. The SMILES string of the molecule is CC(C)CCN(C(=O)c1ccc(F)cc1)C1CCCC1. The van der Waals surface area contributed by atoms with Gasteiger partial charge in [0.15, 0.2) is 0 Å². The fourth-order valence-electron chi connectivity index (χ4n) is 2.82. The summed E-state index contributed by atoms with van der Waals surface area (Å²) in [7, 11) is 0. The van der Waals surface area contributed by atoms with Crippen molar-refractivity contribution >= 4 is 5.91 Å². The predicted octanol–water partition coefficient (Wildman–Crippen LogP) is 4.26. The van der Waals surface area contributed by atoms with Crippen molar-refractivity contribution in [2.24, 2.45) is 5.92 Å². The molecule has 2 nitrogen and oxygen atoms in total. The minimum atomic E-state index is -0.295. The highest BCUT2D eigenvalue weighted by Gasteiger charge is 2.27. The number of carbonyl (C=O) groups excluding carboxylic acids is 1. The van der Waals surface area contributed by atoms with E-state index in [1.54, 1.807) is 12.1 Å². The Morgan fingerprint density at radius 3 is 2.40 bits per heavy atom. The third-order valence-corrected chi connectivity index (χ3v) is 4.06. The summed E-state index contributed by atoms with van der Waals surface area (Å²) in [5, 5.41) is 0. The Morgan fingerprint density at radius 1 is 1.25 bits per heavy atom. The lowest BCUT2D eigenvalue weighted by atomic mass is 10.1. The summed E-state index contributed by atoms with van der Waals surface area (Å²) in [5.41, 5.74) is 0.599. The summed E-state index contributed by atoms with van der Waals surface area (Å²) in [6.07, 6.45) is 5.64. The van der Waals surface area contributed by atoms with E-state index in [0.29, 0.717) is 17.5 Å². The standard InChI is InChI=1S/C17H24FNO/c1-13(2)11-12-19(16-5-3-4-6-16)17(20)14-7-9-15(18)10-8-14/h7-10,13,16H,3-6,11-12H2,1-2H3. The molecule has 3 heteroatoms. The van der Waals surface area contributed by atoms with Crippen molar-refractivity contribution < 1.29 is 9.18 Å². The molecule has 0 bridgehead atoms. The van der Waals surface area contributed by atoms with Crippen LogP contribution in [0, 0.1) is 11.7 Å². The fraction of sp³-hybridized carbons (Fsp3) is 0.588. The first-order chi connectivity index (χ1) is 9.58. The molecule has 0 unspecified atom stereocenters. The highest BCUT2D eigenvalue weighted by molar-refractivity contribution is 5.94. The zero-order chi connectivity index (χ0) is 14.5. The summed E-state index contributed by atoms with van der Waals surface area (Å²) < 4.78 is 13.0. The van der Waals surface area contributed by atoms with Gasteiger partial charge in [-0.15, -0.1) is 0 Å². The van der Waals surface area contributed by atoms with Gasteiger partial charge in [0.2, 0.25) is 0 Å². The van der Waals surface area contributed by atoms with Gasteiger partial charge in [0, 0.05) is 18.2 Å². The molecule has 0 atom stereocenters. The zero-order valence-electron chi connectivity index (χ0n) is 12.4. The number of hydrogen-bond acceptors (Lipinski definition) is 1. The maximum Gasteiger partial charge on any atom is 0.254 e. The second-order valence-electron chi connectivity index (χ2n) is 6.13. The normalized spacial score (nSPS) is 15.8. The lowest BCUT2D eigenvalue weighted by Gasteiger charge is -2.30. The van der Waals surface area contributed by atoms with Crippen LogP contribution in [-0.4, -0.2) is 23.4 Å². The van der Waals surface area contributed by atoms with Crippen molar-refractivity contribution in [2.75, 3.05) is 6.54 Å². The average molecular weight is 277 g/mol. The number of benzene rings is 1. The molecule has 1 fully saturated rings. The van der Waals surface area contributed by atoms with Crippen LogP contribution in [0.3, 0.4) is 0 Å². The van der Waals surface area contributed by atoms with Gasteiger partial charge in [0.05, 0.1) is 0 Å². The zero-order valence-corrected chi connectivity index (χ0v) is 12.4. The van der Waals surface area contributed by atoms with Crippen molar-refractivity contribution in [3.05, 3.63) is 35.6 Å². The fourth-order valence-corrected chi connectivity index (χ4v) is 2.82. The summed E-state index contributed by atoms with van der Waals surface area (Å²) in [5.74, 6) is 0.341. The molecular formula is C17H24FNO. The molecular weight excluding hydrogens is 253 g/mol. The van der Waals surface area contributed by atoms with Crippen LogP contribution >= 0.6 is 0 Å². The van der Waals surface area contributed by atoms with Crippen LogP contribution < -0.4 is 0 Å². The van der Waals surface area contributed by atoms with Gasteiger partial charge in [-0.25, -0.2) is 4.39 Å². The van der Waals surface area contributed by atoms with Crippen LogP contribution in [0.25, 0.3) is 0 Å². The molecule has 1 aromatic rings. The lowest BCUT2D eigenvalue weighted by molar-refractivity contribution is 0.0672. The van der Waals surface area contributed by atoms with E-state index in [1.807, 2.05) is 4.90 Å². The Bertz CT molecular complexity index is 435. The Balaban J connectivity index is 2.11. The minimum Gasteiger partial charge on any atom is -0.336 e. The maximum atomic E-state index is 13.0. The first-order valence-corrected chi connectivity index (χ1v) is 7.64. The van der Waals surface area contributed by atoms with Gasteiger partial charge in [-0.3, -0.25) is 4.79 Å². The molecule has 20 heavy (non-hydrogen) atoms. The summed E-state index contributed by atoms with van der Waals surface area (Å²) in [6.45, 7) is 5.16. The first kappa shape index (κ1) is 15.0. The molecule has 1 saturated carbocycles. The van der Waals surface area contributed by atoms with Gasteiger partial charge in [-0.2, -0.15) is 0 Å². The molecule has 0 heterocycles. The van der Waals surface area contributed by atoms with E-state index < -0.39 is 0 Å². The maximum absolute atomic E-state index is 13.0. The van der Waals surface area contributed by atoms with E-state index in [-0.39, 0.29) is 11.7 Å². The topological polar surface area (TPSA) is 20.3 Å². The highest BCUT2D eigenvalue weighted by atomic mass is 19.1. The summed E-state index contributed by atoms with van der Waals surface area (Å²) in [6, 6.07) is 6.28. The predicted molar refractivity (Wildman–Crippen MR) is 79.1 cm³/mol. The molecule has 2 rings (SSSR count). The number of carbonyl (C=O) groups is 1. The number of hydrogen-bond donors (Lipinski definition) is 0.